The number of carbonyl (C=O) groups is 1. The van der Waals surface area contributed by atoms with Crippen LogP contribution in [0.4, 0.5) is 5.13 Å². The number of aromatic nitrogens is 2. The second-order valence-corrected chi connectivity index (χ2v) is 8.86. The van der Waals surface area contributed by atoms with Gasteiger partial charge >= 0.3 is 0 Å². The van der Waals surface area contributed by atoms with Gasteiger partial charge < -0.3 is 14.5 Å². The summed E-state index contributed by atoms with van der Waals surface area (Å²) >= 11 is 1.74. The SMILES string of the molecule is CCc1ccccc1OCC(=O)N1CCN(c2nnc(C3CCCCC3)s2)CC1. The first-order chi connectivity index (χ1) is 14.2. The number of aryl methyl sites for hydroxylation is 1. The van der Waals surface area contributed by atoms with E-state index in [1.165, 1.54) is 37.1 Å². The maximum Gasteiger partial charge on any atom is 0.260 e. The first kappa shape index (κ1) is 20.1. The van der Waals surface area contributed by atoms with E-state index in [2.05, 4.69) is 22.0 Å². The van der Waals surface area contributed by atoms with Crippen molar-refractivity contribution in [1.82, 2.24) is 15.1 Å². The molecule has 7 heteroatoms. The van der Waals surface area contributed by atoms with Crippen LogP contribution >= 0.6 is 11.3 Å². The number of rotatable bonds is 6. The number of carbonyl (C=O) groups excluding carboxylic acids is 1. The number of anilines is 1. The van der Waals surface area contributed by atoms with Gasteiger partial charge in [-0.2, -0.15) is 0 Å². The zero-order chi connectivity index (χ0) is 20.1. The quantitative estimate of drug-likeness (QED) is 0.718. The monoisotopic (exact) mass is 414 g/mol. The zero-order valence-corrected chi connectivity index (χ0v) is 18.0. The van der Waals surface area contributed by atoms with Crippen molar-refractivity contribution in [3.05, 3.63) is 34.8 Å². The summed E-state index contributed by atoms with van der Waals surface area (Å²) in [7, 11) is 0. The number of benzene rings is 1. The van der Waals surface area contributed by atoms with Gasteiger partial charge in [0.15, 0.2) is 6.61 Å². The number of ether oxygens (including phenoxy) is 1. The Hall–Kier alpha value is -2.15. The molecule has 0 N–H and O–H groups in total. The normalized spacial score (nSPS) is 18.1. The molecular formula is C22H30N4O2S. The van der Waals surface area contributed by atoms with Crippen LogP contribution in [0.1, 0.15) is 55.5 Å². The maximum absolute atomic E-state index is 12.6. The van der Waals surface area contributed by atoms with Crippen LogP contribution in [0.25, 0.3) is 0 Å². The summed E-state index contributed by atoms with van der Waals surface area (Å²) in [6.07, 6.45) is 7.37. The molecule has 2 fully saturated rings. The van der Waals surface area contributed by atoms with E-state index in [1.54, 1.807) is 11.3 Å². The Balaban J connectivity index is 1.27. The van der Waals surface area contributed by atoms with Gasteiger partial charge in [0.2, 0.25) is 5.13 Å². The first-order valence-electron chi connectivity index (χ1n) is 10.8. The highest BCUT2D eigenvalue weighted by Crippen LogP contribution is 2.36. The second kappa shape index (κ2) is 9.57. The van der Waals surface area contributed by atoms with Gasteiger partial charge in [-0.15, -0.1) is 10.2 Å². The average molecular weight is 415 g/mol. The van der Waals surface area contributed by atoms with Gasteiger partial charge in [-0.05, 0) is 30.9 Å². The van der Waals surface area contributed by atoms with E-state index >= 15 is 0 Å². The summed E-state index contributed by atoms with van der Waals surface area (Å²) in [5, 5.41) is 11.1. The highest BCUT2D eigenvalue weighted by Gasteiger charge is 2.25. The Labute approximate surface area is 176 Å². The Morgan fingerprint density at radius 3 is 2.62 bits per heavy atom. The number of hydrogen-bond donors (Lipinski definition) is 0. The minimum absolute atomic E-state index is 0.0516. The zero-order valence-electron chi connectivity index (χ0n) is 17.2. The van der Waals surface area contributed by atoms with E-state index < -0.39 is 0 Å². The van der Waals surface area contributed by atoms with Crippen LogP contribution in [0.15, 0.2) is 24.3 Å². The number of hydrogen-bond acceptors (Lipinski definition) is 6. The lowest BCUT2D eigenvalue weighted by Crippen LogP contribution is -2.50. The molecule has 1 saturated carbocycles. The average Bonchev–Trinajstić information content (AvgIpc) is 3.29. The fourth-order valence-electron chi connectivity index (χ4n) is 4.18. The summed E-state index contributed by atoms with van der Waals surface area (Å²) in [4.78, 5) is 16.7. The van der Waals surface area contributed by atoms with Gasteiger partial charge in [-0.3, -0.25) is 4.79 Å². The van der Waals surface area contributed by atoms with Crippen LogP contribution < -0.4 is 9.64 Å². The molecule has 0 spiro atoms. The van der Waals surface area contributed by atoms with Gasteiger partial charge in [0.1, 0.15) is 10.8 Å². The van der Waals surface area contributed by atoms with Gasteiger partial charge in [-0.25, -0.2) is 0 Å². The van der Waals surface area contributed by atoms with Crippen molar-refractivity contribution in [2.75, 3.05) is 37.7 Å². The molecule has 6 nitrogen and oxygen atoms in total. The molecule has 156 valence electrons. The van der Waals surface area contributed by atoms with Crippen molar-refractivity contribution in [2.24, 2.45) is 0 Å². The van der Waals surface area contributed by atoms with Crippen molar-refractivity contribution in [1.29, 1.82) is 0 Å². The largest absolute Gasteiger partial charge is 0.483 e. The molecule has 2 aromatic rings. The van der Waals surface area contributed by atoms with Crippen molar-refractivity contribution < 1.29 is 9.53 Å². The highest BCUT2D eigenvalue weighted by molar-refractivity contribution is 7.15. The lowest BCUT2D eigenvalue weighted by molar-refractivity contribution is -0.133. The van der Waals surface area contributed by atoms with Crippen LogP contribution in [0.3, 0.4) is 0 Å². The summed E-state index contributed by atoms with van der Waals surface area (Å²) in [5.41, 5.74) is 1.13. The van der Waals surface area contributed by atoms with Crippen molar-refractivity contribution in [2.45, 2.75) is 51.4 Å². The van der Waals surface area contributed by atoms with E-state index in [1.807, 2.05) is 29.2 Å². The Morgan fingerprint density at radius 2 is 1.86 bits per heavy atom. The fraction of sp³-hybridized carbons (Fsp3) is 0.591. The van der Waals surface area contributed by atoms with E-state index in [0.717, 1.165) is 36.0 Å². The molecule has 0 unspecified atom stereocenters. The van der Waals surface area contributed by atoms with Gasteiger partial charge in [0.05, 0.1) is 0 Å². The van der Waals surface area contributed by atoms with Gasteiger partial charge in [-0.1, -0.05) is 55.7 Å². The molecule has 1 aromatic carbocycles. The third kappa shape index (κ3) is 4.89. The predicted octanol–water partition coefficient (Wildman–Crippen LogP) is 3.88. The molecule has 29 heavy (non-hydrogen) atoms. The van der Waals surface area contributed by atoms with E-state index in [-0.39, 0.29) is 12.5 Å². The molecule has 4 rings (SSSR count). The van der Waals surface area contributed by atoms with Crippen LogP contribution in [0, 0.1) is 0 Å². The lowest BCUT2D eigenvalue weighted by atomic mass is 9.90. The maximum atomic E-state index is 12.6. The minimum atomic E-state index is 0.0516. The standard InChI is InChI=1S/C22H30N4O2S/c1-2-17-8-6-7-11-19(17)28-16-20(27)25-12-14-26(15-13-25)22-24-23-21(29-22)18-9-4-3-5-10-18/h6-8,11,18H,2-5,9-10,12-16H2,1H3. The minimum Gasteiger partial charge on any atom is -0.483 e. The predicted molar refractivity (Wildman–Crippen MR) is 116 cm³/mol. The summed E-state index contributed by atoms with van der Waals surface area (Å²) in [5.74, 6) is 1.46. The topological polar surface area (TPSA) is 58.6 Å². The van der Waals surface area contributed by atoms with Crippen LogP contribution in [0.2, 0.25) is 0 Å². The molecule has 1 aliphatic carbocycles. The molecule has 2 heterocycles. The van der Waals surface area contributed by atoms with Gasteiger partial charge in [0.25, 0.3) is 5.91 Å². The Morgan fingerprint density at radius 1 is 1.10 bits per heavy atom. The second-order valence-electron chi connectivity index (χ2n) is 7.88. The highest BCUT2D eigenvalue weighted by atomic mass is 32.1. The number of piperazine rings is 1. The molecule has 0 radical (unpaired) electrons. The fourth-order valence-corrected chi connectivity index (χ4v) is 5.25. The molecule has 1 amide bonds. The van der Waals surface area contributed by atoms with Crippen LogP contribution in [-0.2, 0) is 11.2 Å². The smallest absolute Gasteiger partial charge is 0.260 e. The van der Waals surface area contributed by atoms with Crippen molar-refractivity contribution in [3.63, 3.8) is 0 Å². The molecule has 2 aliphatic rings. The first-order valence-corrected chi connectivity index (χ1v) is 11.6. The van der Waals surface area contributed by atoms with Gasteiger partial charge in [0, 0.05) is 32.1 Å². The van der Waals surface area contributed by atoms with Crippen LogP contribution in [0.5, 0.6) is 5.75 Å². The number of amides is 1. The summed E-state index contributed by atoms with van der Waals surface area (Å²) in [6, 6.07) is 7.92. The molecule has 1 saturated heterocycles. The number of nitrogens with zero attached hydrogens (tertiary/aromatic N) is 4. The molecule has 1 aliphatic heterocycles. The molecule has 0 bridgehead atoms. The summed E-state index contributed by atoms with van der Waals surface area (Å²) < 4.78 is 5.80. The van der Waals surface area contributed by atoms with E-state index in [4.69, 9.17) is 4.74 Å². The number of para-hydroxylation sites is 1. The van der Waals surface area contributed by atoms with E-state index in [9.17, 15) is 4.79 Å². The Kier molecular flexibility index (Phi) is 6.64. The van der Waals surface area contributed by atoms with E-state index in [0.29, 0.717) is 19.0 Å². The molecular weight excluding hydrogens is 384 g/mol. The Bertz CT molecular complexity index is 811. The molecule has 0 atom stereocenters. The summed E-state index contributed by atoms with van der Waals surface area (Å²) in [6.45, 7) is 5.21. The van der Waals surface area contributed by atoms with Crippen LogP contribution in [-0.4, -0.2) is 53.8 Å². The lowest BCUT2D eigenvalue weighted by Gasteiger charge is -2.34. The third-order valence-electron chi connectivity index (χ3n) is 5.99. The van der Waals surface area contributed by atoms with Crippen molar-refractivity contribution in [3.8, 4) is 5.75 Å². The third-order valence-corrected chi connectivity index (χ3v) is 7.14. The molecule has 1 aromatic heterocycles. The van der Waals surface area contributed by atoms with Crippen molar-refractivity contribution >= 4 is 22.4 Å².